The minimum absolute atomic E-state index is 0.365. The average molecular weight is 345 g/mol. The predicted molar refractivity (Wildman–Crippen MR) is 114 cm³/mol. The fourth-order valence-electron chi connectivity index (χ4n) is 4.97. The number of benzene rings is 2. The van der Waals surface area contributed by atoms with Crippen molar-refractivity contribution in [1.82, 2.24) is 0 Å². The second kappa shape index (κ2) is 7.27. The quantitative estimate of drug-likeness (QED) is 0.505. The summed E-state index contributed by atoms with van der Waals surface area (Å²) in [5.41, 5.74) is 9.56. The monoisotopic (exact) mass is 344 g/mol. The number of aryl methyl sites for hydroxylation is 2. The van der Waals surface area contributed by atoms with Crippen molar-refractivity contribution in [2.24, 2.45) is 5.92 Å². The number of hydrogen-bond acceptors (Lipinski definition) is 0. The molecule has 0 aliphatic heterocycles. The largest absolute Gasteiger partial charge is 0.0995 e. The molecule has 0 heterocycles. The van der Waals surface area contributed by atoms with Crippen LogP contribution in [0.4, 0.5) is 0 Å². The lowest BCUT2D eigenvalue weighted by Crippen LogP contribution is -2.26. The van der Waals surface area contributed by atoms with Gasteiger partial charge in [0.2, 0.25) is 0 Å². The summed E-state index contributed by atoms with van der Waals surface area (Å²) in [5.74, 6) is 1.91. The average Bonchev–Trinajstić information content (AvgIpc) is 2.56. The molecular weight excluding hydrogens is 312 g/mol. The molecule has 0 amide bonds. The van der Waals surface area contributed by atoms with E-state index >= 15 is 0 Å². The van der Waals surface area contributed by atoms with Crippen LogP contribution in [0.15, 0.2) is 66.8 Å². The van der Waals surface area contributed by atoms with Gasteiger partial charge in [-0.15, -0.1) is 0 Å². The third-order valence-electron chi connectivity index (χ3n) is 6.07. The highest BCUT2D eigenvalue weighted by atomic mass is 14.4. The molecule has 1 aliphatic carbocycles. The molecule has 0 aromatic heterocycles. The van der Waals surface area contributed by atoms with Crippen molar-refractivity contribution < 1.29 is 0 Å². The standard InChI is InChI=1S/C26H32/c1-16(2)25-20(7)15-24(23-14-19(6)10-13-22(23)25)26(17(3)4)21-11-8-18(5)9-12-21/h8-14,20,24-26H,1,3,15H2,2,4-7H3. The normalized spacial score (nSPS) is 23.2. The summed E-state index contributed by atoms with van der Waals surface area (Å²) in [6, 6.07) is 16.0. The van der Waals surface area contributed by atoms with Crippen molar-refractivity contribution in [3.8, 4) is 0 Å². The van der Waals surface area contributed by atoms with Gasteiger partial charge in [-0.3, -0.25) is 0 Å². The minimum atomic E-state index is 0.365. The Morgan fingerprint density at radius 3 is 2.12 bits per heavy atom. The van der Waals surface area contributed by atoms with Crippen molar-refractivity contribution in [2.75, 3.05) is 0 Å². The van der Waals surface area contributed by atoms with E-state index in [0.29, 0.717) is 23.7 Å². The van der Waals surface area contributed by atoms with Gasteiger partial charge < -0.3 is 0 Å². The molecule has 4 atom stereocenters. The number of rotatable bonds is 4. The van der Waals surface area contributed by atoms with Gasteiger partial charge in [-0.05, 0) is 62.6 Å². The molecule has 0 spiro atoms. The third kappa shape index (κ3) is 3.43. The van der Waals surface area contributed by atoms with Gasteiger partial charge in [0.05, 0.1) is 0 Å². The van der Waals surface area contributed by atoms with Gasteiger partial charge in [0.1, 0.15) is 0 Å². The molecule has 0 N–H and O–H groups in total. The van der Waals surface area contributed by atoms with Crippen LogP contribution >= 0.6 is 0 Å². The molecule has 0 fully saturated rings. The van der Waals surface area contributed by atoms with E-state index in [2.05, 4.69) is 90.2 Å². The summed E-state index contributed by atoms with van der Waals surface area (Å²) < 4.78 is 0. The Bertz CT molecular complexity index is 822. The summed E-state index contributed by atoms with van der Waals surface area (Å²) in [4.78, 5) is 0. The van der Waals surface area contributed by atoms with E-state index in [0.717, 1.165) is 0 Å². The highest BCUT2D eigenvalue weighted by Crippen LogP contribution is 2.52. The van der Waals surface area contributed by atoms with Crippen LogP contribution in [0.2, 0.25) is 0 Å². The molecule has 0 saturated carbocycles. The van der Waals surface area contributed by atoms with Gasteiger partial charge in [0.25, 0.3) is 0 Å². The maximum absolute atomic E-state index is 4.39. The Morgan fingerprint density at radius 2 is 1.54 bits per heavy atom. The van der Waals surface area contributed by atoms with Crippen molar-refractivity contribution in [3.05, 3.63) is 94.6 Å². The van der Waals surface area contributed by atoms with E-state index in [-0.39, 0.29) is 0 Å². The van der Waals surface area contributed by atoms with Gasteiger partial charge in [0.15, 0.2) is 0 Å². The van der Waals surface area contributed by atoms with Crippen molar-refractivity contribution in [3.63, 3.8) is 0 Å². The Kier molecular flexibility index (Phi) is 5.23. The summed E-state index contributed by atoms with van der Waals surface area (Å²) in [5, 5.41) is 0. The Morgan fingerprint density at radius 1 is 0.923 bits per heavy atom. The Labute approximate surface area is 159 Å². The van der Waals surface area contributed by atoms with E-state index < -0.39 is 0 Å². The highest BCUT2D eigenvalue weighted by molar-refractivity contribution is 5.46. The lowest BCUT2D eigenvalue weighted by atomic mass is 9.63. The van der Waals surface area contributed by atoms with Crippen molar-refractivity contribution >= 4 is 0 Å². The number of hydrogen-bond donors (Lipinski definition) is 0. The van der Waals surface area contributed by atoms with Crippen molar-refractivity contribution in [2.45, 2.75) is 58.8 Å². The summed E-state index contributed by atoms with van der Waals surface area (Å²) in [7, 11) is 0. The molecule has 2 aromatic carbocycles. The van der Waals surface area contributed by atoms with Crippen LogP contribution in [0.25, 0.3) is 0 Å². The SMILES string of the molecule is C=C(C)C1c2ccc(C)cc2C(C(C(=C)C)c2ccc(C)cc2)CC1C. The third-order valence-corrected chi connectivity index (χ3v) is 6.07. The molecular formula is C26H32. The van der Waals surface area contributed by atoms with E-state index in [1.807, 2.05) is 0 Å². The van der Waals surface area contributed by atoms with Crippen LogP contribution in [0.5, 0.6) is 0 Å². The number of fused-ring (bicyclic) bond motifs is 1. The van der Waals surface area contributed by atoms with Crippen LogP contribution in [-0.4, -0.2) is 0 Å². The van der Waals surface area contributed by atoms with Crippen molar-refractivity contribution in [1.29, 1.82) is 0 Å². The molecule has 2 aromatic rings. The molecule has 0 radical (unpaired) electrons. The first kappa shape index (κ1) is 18.7. The lowest BCUT2D eigenvalue weighted by Gasteiger charge is -2.41. The van der Waals surface area contributed by atoms with Gasteiger partial charge >= 0.3 is 0 Å². The van der Waals surface area contributed by atoms with E-state index in [1.165, 1.54) is 45.4 Å². The first-order valence-electron chi connectivity index (χ1n) is 9.77. The maximum Gasteiger partial charge on any atom is 0.0112 e. The minimum Gasteiger partial charge on any atom is -0.0995 e. The Balaban J connectivity index is 2.15. The summed E-state index contributed by atoms with van der Waals surface area (Å²) in [6.45, 7) is 19.8. The zero-order chi connectivity index (χ0) is 19.0. The maximum atomic E-state index is 4.39. The molecule has 136 valence electrons. The molecule has 1 aliphatic rings. The fraction of sp³-hybridized carbons (Fsp3) is 0.385. The Hall–Kier alpha value is -2.08. The molecule has 26 heavy (non-hydrogen) atoms. The molecule has 0 nitrogen and oxygen atoms in total. The molecule has 0 saturated heterocycles. The van der Waals surface area contributed by atoms with Gasteiger partial charge in [-0.25, -0.2) is 0 Å². The van der Waals surface area contributed by atoms with Crippen LogP contribution in [-0.2, 0) is 0 Å². The topological polar surface area (TPSA) is 0 Å². The van der Waals surface area contributed by atoms with Crippen LogP contribution in [0.3, 0.4) is 0 Å². The number of allylic oxidation sites excluding steroid dienone is 2. The first-order chi connectivity index (χ1) is 12.3. The van der Waals surface area contributed by atoms with Crippen LogP contribution in [0.1, 0.15) is 72.8 Å². The smallest absolute Gasteiger partial charge is 0.0112 e. The first-order valence-corrected chi connectivity index (χ1v) is 9.77. The second-order valence-electron chi connectivity index (χ2n) is 8.51. The summed E-state index contributed by atoms with van der Waals surface area (Å²) in [6.07, 6.45) is 1.18. The van der Waals surface area contributed by atoms with E-state index in [9.17, 15) is 0 Å². The molecule has 4 unspecified atom stereocenters. The molecule has 0 heteroatoms. The van der Waals surface area contributed by atoms with Gasteiger partial charge in [-0.1, -0.05) is 84.8 Å². The zero-order valence-electron chi connectivity index (χ0n) is 17.0. The van der Waals surface area contributed by atoms with Gasteiger partial charge in [0, 0.05) is 11.8 Å². The molecule has 3 rings (SSSR count). The lowest BCUT2D eigenvalue weighted by molar-refractivity contribution is 0.368. The predicted octanol–water partition coefficient (Wildman–Crippen LogP) is 7.45. The zero-order valence-corrected chi connectivity index (χ0v) is 17.0. The van der Waals surface area contributed by atoms with E-state index in [1.54, 1.807) is 0 Å². The highest BCUT2D eigenvalue weighted by Gasteiger charge is 2.37. The fourth-order valence-corrected chi connectivity index (χ4v) is 4.97. The second-order valence-corrected chi connectivity index (χ2v) is 8.51. The summed E-state index contributed by atoms with van der Waals surface area (Å²) >= 11 is 0. The van der Waals surface area contributed by atoms with Gasteiger partial charge in [-0.2, -0.15) is 0 Å². The van der Waals surface area contributed by atoms with E-state index in [4.69, 9.17) is 0 Å². The van der Waals surface area contributed by atoms with Crippen LogP contribution < -0.4 is 0 Å². The van der Waals surface area contributed by atoms with Crippen LogP contribution in [0, 0.1) is 19.8 Å². The molecule has 0 bridgehead atoms.